The highest BCUT2D eigenvalue weighted by molar-refractivity contribution is 6.30. The van der Waals surface area contributed by atoms with Crippen molar-refractivity contribution in [2.75, 3.05) is 7.11 Å². The van der Waals surface area contributed by atoms with Crippen LogP contribution in [-0.4, -0.2) is 23.2 Å². The zero-order valence-electron chi connectivity index (χ0n) is 13.9. The number of nitrogens with zero attached hydrogens (tertiary/aromatic N) is 1. The van der Waals surface area contributed by atoms with E-state index >= 15 is 0 Å². The van der Waals surface area contributed by atoms with E-state index in [1.165, 1.54) is 6.20 Å². The summed E-state index contributed by atoms with van der Waals surface area (Å²) in [5.74, 6) is 0.552. The molecule has 0 saturated heterocycles. The minimum atomic E-state index is -0.202. The summed E-state index contributed by atoms with van der Waals surface area (Å²) in [5, 5.41) is 10.5. The molecule has 0 fully saturated rings. The lowest BCUT2D eigenvalue weighted by atomic mass is 10.1. The fourth-order valence-corrected chi connectivity index (χ4v) is 2.77. The Labute approximate surface area is 151 Å². The molecule has 1 unspecified atom stereocenters. The SMILES string of the molecule is COc1ccc(-c2[nH]ncc2C(=O)NC(C)c2cccc(Cl)c2)cc1. The lowest BCUT2D eigenvalue weighted by Gasteiger charge is -2.14. The number of H-pyrrole nitrogens is 1. The predicted octanol–water partition coefficient (Wildman–Crippen LogP) is 4.23. The van der Waals surface area contributed by atoms with E-state index in [-0.39, 0.29) is 11.9 Å². The number of ether oxygens (including phenoxy) is 1. The van der Waals surface area contributed by atoms with Crippen molar-refractivity contribution in [3.63, 3.8) is 0 Å². The van der Waals surface area contributed by atoms with Crippen LogP contribution in [-0.2, 0) is 0 Å². The Morgan fingerprint density at radius 1 is 1.24 bits per heavy atom. The van der Waals surface area contributed by atoms with Crippen molar-refractivity contribution in [1.82, 2.24) is 15.5 Å². The number of amides is 1. The Hall–Kier alpha value is -2.79. The van der Waals surface area contributed by atoms with Crippen LogP contribution in [0.15, 0.2) is 54.7 Å². The quantitative estimate of drug-likeness (QED) is 0.719. The summed E-state index contributed by atoms with van der Waals surface area (Å²) < 4.78 is 5.16. The fourth-order valence-electron chi connectivity index (χ4n) is 2.57. The maximum atomic E-state index is 12.7. The summed E-state index contributed by atoms with van der Waals surface area (Å²) in [6.45, 7) is 1.91. The molecule has 0 spiro atoms. The largest absolute Gasteiger partial charge is 0.497 e. The molecule has 3 rings (SSSR count). The Morgan fingerprint density at radius 3 is 2.68 bits per heavy atom. The topological polar surface area (TPSA) is 67.0 Å². The van der Waals surface area contributed by atoms with Crippen LogP contribution in [0.1, 0.15) is 28.9 Å². The van der Waals surface area contributed by atoms with E-state index < -0.39 is 0 Å². The number of methoxy groups -OCH3 is 1. The second-order valence-electron chi connectivity index (χ2n) is 5.64. The van der Waals surface area contributed by atoms with E-state index in [4.69, 9.17) is 16.3 Å². The van der Waals surface area contributed by atoms with Crippen LogP contribution in [0.4, 0.5) is 0 Å². The first-order valence-electron chi connectivity index (χ1n) is 7.82. The molecule has 2 aromatic carbocycles. The fraction of sp³-hybridized carbons (Fsp3) is 0.158. The Morgan fingerprint density at radius 2 is 2.00 bits per heavy atom. The number of nitrogens with one attached hydrogen (secondary N) is 2. The predicted molar refractivity (Wildman–Crippen MR) is 97.9 cm³/mol. The molecule has 2 N–H and O–H groups in total. The third-order valence-electron chi connectivity index (χ3n) is 3.96. The molecular weight excluding hydrogens is 338 g/mol. The molecule has 25 heavy (non-hydrogen) atoms. The van der Waals surface area contributed by atoms with Gasteiger partial charge in [0.15, 0.2) is 0 Å². The van der Waals surface area contributed by atoms with Gasteiger partial charge in [0.2, 0.25) is 0 Å². The number of rotatable bonds is 5. The number of hydrogen-bond donors (Lipinski definition) is 2. The molecule has 1 atom stereocenters. The molecule has 0 radical (unpaired) electrons. The van der Waals surface area contributed by atoms with Crippen molar-refractivity contribution in [2.24, 2.45) is 0 Å². The van der Waals surface area contributed by atoms with E-state index in [1.807, 2.05) is 49.4 Å². The third-order valence-corrected chi connectivity index (χ3v) is 4.19. The minimum absolute atomic E-state index is 0.176. The standard InChI is InChI=1S/C19H18ClN3O2/c1-12(14-4-3-5-15(20)10-14)22-19(24)17-11-21-23-18(17)13-6-8-16(25-2)9-7-13/h3-12H,1-2H3,(H,21,23)(H,22,24). The monoisotopic (exact) mass is 355 g/mol. The van der Waals surface area contributed by atoms with E-state index in [2.05, 4.69) is 15.5 Å². The number of hydrogen-bond acceptors (Lipinski definition) is 3. The lowest BCUT2D eigenvalue weighted by molar-refractivity contribution is 0.0940. The molecular formula is C19H18ClN3O2. The van der Waals surface area contributed by atoms with Gasteiger partial charge in [0.25, 0.3) is 5.91 Å². The number of carbonyl (C=O) groups excluding carboxylic acids is 1. The molecule has 3 aromatic rings. The highest BCUT2D eigenvalue weighted by atomic mass is 35.5. The Kier molecular flexibility index (Phi) is 5.05. The zero-order chi connectivity index (χ0) is 17.8. The first-order chi connectivity index (χ1) is 12.1. The molecule has 0 aliphatic carbocycles. The second kappa shape index (κ2) is 7.40. The van der Waals surface area contributed by atoms with Gasteiger partial charge in [-0.15, -0.1) is 0 Å². The summed E-state index contributed by atoms with van der Waals surface area (Å²) in [6.07, 6.45) is 1.53. The smallest absolute Gasteiger partial charge is 0.255 e. The van der Waals surface area contributed by atoms with E-state index in [0.29, 0.717) is 16.3 Å². The average Bonchev–Trinajstić information content (AvgIpc) is 3.11. The van der Waals surface area contributed by atoms with Gasteiger partial charge in [0.1, 0.15) is 5.75 Å². The van der Waals surface area contributed by atoms with Gasteiger partial charge in [-0.3, -0.25) is 9.89 Å². The molecule has 0 aliphatic heterocycles. The molecule has 6 heteroatoms. The number of benzene rings is 2. The van der Waals surface area contributed by atoms with Gasteiger partial charge in [0.05, 0.1) is 30.6 Å². The maximum Gasteiger partial charge on any atom is 0.255 e. The van der Waals surface area contributed by atoms with Crippen LogP contribution in [0.3, 0.4) is 0 Å². The molecule has 1 amide bonds. The minimum Gasteiger partial charge on any atom is -0.497 e. The highest BCUT2D eigenvalue weighted by Gasteiger charge is 2.18. The summed E-state index contributed by atoms with van der Waals surface area (Å²) in [4.78, 5) is 12.7. The summed E-state index contributed by atoms with van der Waals surface area (Å²) in [6, 6.07) is 14.7. The van der Waals surface area contributed by atoms with Crippen molar-refractivity contribution < 1.29 is 9.53 Å². The summed E-state index contributed by atoms with van der Waals surface area (Å²) in [5.41, 5.74) is 2.95. The molecule has 0 aliphatic rings. The number of aromatic nitrogens is 2. The average molecular weight is 356 g/mol. The van der Waals surface area contributed by atoms with Crippen LogP contribution < -0.4 is 10.1 Å². The molecule has 1 heterocycles. The van der Waals surface area contributed by atoms with Crippen LogP contribution >= 0.6 is 11.6 Å². The zero-order valence-corrected chi connectivity index (χ0v) is 14.7. The maximum absolute atomic E-state index is 12.7. The summed E-state index contributed by atoms with van der Waals surface area (Å²) >= 11 is 6.02. The van der Waals surface area contributed by atoms with Gasteiger partial charge in [0, 0.05) is 10.6 Å². The van der Waals surface area contributed by atoms with Crippen molar-refractivity contribution in [2.45, 2.75) is 13.0 Å². The lowest BCUT2D eigenvalue weighted by Crippen LogP contribution is -2.26. The summed E-state index contributed by atoms with van der Waals surface area (Å²) in [7, 11) is 1.61. The first kappa shape index (κ1) is 17.0. The van der Waals surface area contributed by atoms with Gasteiger partial charge in [-0.25, -0.2) is 0 Å². The molecule has 0 saturated carbocycles. The van der Waals surface area contributed by atoms with Crippen LogP contribution in [0, 0.1) is 0 Å². The van der Waals surface area contributed by atoms with Gasteiger partial charge in [-0.1, -0.05) is 23.7 Å². The van der Waals surface area contributed by atoms with Gasteiger partial charge < -0.3 is 10.1 Å². The number of carbonyl (C=O) groups is 1. The first-order valence-corrected chi connectivity index (χ1v) is 8.20. The second-order valence-corrected chi connectivity index (χ2v) is 6.07. The number of aromatic amines is 1. The molecule has 1 aromatic heterocycles. The van der Waals surface area contributed by atoms with Crippen LogP contribution in [0.5, 0.6) is 5.75 Å². The Bertz CT molecular complexity index is 874. The molecule has 0 bridgehead atoms. The van der Waals surface area contributed by atoms with Crippen molar-refractivity contribution in [3.05, 3.63) is 70.9 Å². The third kappa shape index (κ3) is 3.83. The van der Waals surface area contributed by atoms with Crippen molar-refractivity contribution in [3.8, 4) is 17.0 Å². The van der Waals surface area contributed by atoms with Crippen molar-refractivity contribution >= 4 is 17.5 Å². The normalized spacial score (nSPS) is 11.8. The van der Waals surface area contributed by atoms with Gasteiger partial charge in [-0.05, 0) is 48.9 Å². The highest BCUT2D eigenvalue weighted by Crippen LogP contribution is 2.24. The van der Waals surface area contributed by atoms with Crippen LogP contribution in [0.2, 0.25) is 5.02 Å². The van der Waals surface area contributed by atoms with Gasteiger partial charge >= 0.3 is 0 Å². The van der Waals surface area contributed by atoms with Gasteiger partial charge in [-0.2, -0.15) is 5.10 Å². The van der Waals surface area contributed by atoms with E-state index in [0.717, 1.165) is 16.9 Å². The van der Waals surface area contributed by atoms with Crippen molar-refractivity contribution in [1.29, 1.82) is 0 Å². The molecule has 5 nitrogen and oxygen atoms in total. The number of halogens is 1. The van der Waals surface area contributed by atoms with E-state index in [9.17, 15) is 4.79 Å². The van der Waals surface area contributed by atoms with E-state index in [1.54, 1.807) is 13.2 Å². The molecule has 128 valence electrons. The van der Waals surface area contributed by atoms with Crippen LogP contribution in [0.25, 0.3) is 11.3 Å². The Balaban J connectivity index is 1.80.